The zero-order chi connectivity index (χ0) is 22.4. The third kappa shape index (κ3) is 5.11. The molecular weight excluding hydrogens is 428 g/mol. The second-order valence-electron chi connectivity index (χ2n) is 8.40. The zero-order valence-corrected chi connectivity index (χ0v) is 21.0. The predicted molar refractivity (Wildman–Crippen MR) is 129 cm³/mol. The summed E-state index contributed by atoms with van der Waals surface area (Å²) in [5.74, 6) is 0.888. The second kappa shape index (κ2) is 11.6. The van der Waals surface area contributed by atoms with Crippen LogP contribution in [0.25, 0.3) is 0 Å². The van der Waals surface area contributed by atoms with Crippen LogP contribution in [0.4, 0.5) is 0 Å². The van der Waals surface area contributed by atoms with Crippen molar-refractivity contribution in [3.8, 4) is 0 Å². The molecule has 0 amide bonds. The molecule has 0 N–H and O–H groups in total. The van der Waals surface area contributed by atoms with Crippen LogP contribution in [0.1, 0.15) is 115 Å². The molecule has 172 valence electrons. The van der Waals surface area contributed by atoms with E-state index in [1.54, 1.807) is 11.8 Å². The van der Waals surface area contributed by atoms with Gasteiger partial charge in [0.05, 0.1) is 24.8 Å². The van der Waals surface area contributed by atoms with Gasteiger partial charge in [0.15, 0.2) is 0 Å². The number of thioether (sulfide) groups is 2. The quantitative estimate of drug-likeness (QED) is 0.300. The van der Waals surface area contributed by atoms with Crippen molar-refractivity contribution in [3.63, 3.8) is 0 Å². The van der Waals surface area contributed by atoms with Gasteiger partial charge in [0.1, 0.15) is 0 Å². The van der Waals surface area contributed by atoms with E-state index in [1.807, 2.05) is 24.9 Å². The fourth-order valence-corrected chi connectivity index (χ4v) is 7.44. The van der Waals surface area contributed by atoms with E-state index in [4.69, 9.17) is 9.47 Å². The molecule has 2 saturated carbocycles. The molecule has 0 radical (unpaired) electrons. The van der Waals surface area contributed by atoms with Crippen molar-refractivity contribution in [1.29, 1.82) is 0 Å². The Bertz CT molecular complexity index is 793. The number of hydrogen-bond acceptors (Lipinski definition) is 6. The van der Waals surface area contributed by atoms with E-state index >= 15 is 0 Å². The van der Waals surface area contributed by atoms with E-state index in [0.717, 1.165) is 41.9 Å². The van der Waals surface area contributed by atoms with Crippen LogP contribution in [-0.2, 0) is 9.47 Å². The lowest BCUT2D eigenvalue weighted by molar-refractivity contribution is 0.0497. The van der Waals surface area contributed by atoms with Crippen molar-refractivity contribution in [2.75, 3.05) is 25.7 Å². The van der Waals surface area contributed by atoms with E-state index in [0.29, 0.717) is 23.0 Å². The molecule has 2 aliphatic carbocycles. The number of esters is 2. The van der Waals surface area contributed by atoms with Gasteiger partial charge in [0, 0.05) is 9.79 Å². The first kappa shape index (κ1) is 24.5. The normalized spacial score (nSPS) is 17.7. The summed E-state index contributed by atoms with van der Waals surface area (Å²) < 4.78 is 10.8. The first-order valence-electron chi connectivity index (χ1n) is 11.7. The smallest absolute Gasteiger partial charge is 0.340 e. The maximum atomic E-state index is 13.3. The van der Waals surface area contributed by atoms with Gasteiger partial charge in [-0.2, -0.15) is 0 Å². The van der Waals surface area contributed by atoms with Gasteiger partial charge in [0.2, 0.25) is 0 Å². The van der Waals surface area contributed by atoms with Crippen molar-refractivity contribution in [2.45, 2.75) is 93.3 Å². The Hall–Kier alpha value is -1.14. The molecule has 1 aromatic rings. The molecule has 1 aromatic carbocycles. The molecular formula is C25H36O4S2. The first-order chi connectivity index (χ1) is 15.1. The molecule has 3 rings (SSSR count). The van der Waals surface area contributed by atoms with Crippen molar-refractivity contribution in [1.82, 2.24) is 0 Å². The van der Waals surface area contributed by atoms with Gasteiger partial charge in [-0.15, -0.1) is 23.5 Å². The monoisotopic (exact) mass is 464 g/mol. The van der Waals surface area contributed by atoms with Crippen molar-refractivity contribution >= 4 is 35.5 Å². The number of methoxy groups -OCH3 is 1. The van der Waals surface area contributed by atoms with E-state index in [2.05, 4.69) is 6.92 Å². The minimum Gasteiger partial charge on any atom is -0.465 e. The standard InChI is InChI=1S/C25H36O4S2/c1-5-29-25(27)21-20(24(26)28-3)18(16-12-8-7-9-13-16)19(17-14-10-11-15-17)23(31-6-2)22(21)30-4/h16-17H,5-15H2,1-4H3. The molecule has 0 heterocycles. The van der Waals surface area contributed by atoms with Crippen molar-refractivity contribution < 1.29 is 19.1 Å². The Kier molecular flexibility index (Phi) is 9.20. The average molecular weight is 465 g/mol. The highest BCUT2D eigenvalue weighted by Gasteiger charge is 2.38. The summed E-state index contributed by atoms with van der Waals surface area (Å²) in [5, 5.41) is 0. The predicted octanol–water partition coefficient (Wildman–Crippen LogP) is 7.19. The molecule has 0 unspecified atom stereocenters. The second-order valence-corrected chi connectivity index (χ2v) is 10.5. The molecule has 31 heavy (non-hydrogen) atoms. The van der Waals surface area contributed by atoms with Gasteiger partial charge in [-0.25, -0.2) is 9.59 Å². The van der Waals surface area contributed by atoms with Gasteiger partial charge < -0.3 is 9.47 Å². The van der Waals surface area contributed by atoms with Gasteiger partial charge in [-0.05, 0) is 67.6 Å². The van der Waals surface area contributed by atoms with E-state index < -0.39 is 11.9 Å². The van der Waals surface area contributed by atoms with Gasteiger partial charge >= 0.3 is 11.9 Å². The minimum absolute atomic E-state index is 0.284. The molecule has 2 fully saturated rings. The highest BCUT2D eigenvalue weighted by atomic mass is 32.2. The molecule has 2 aliphatic rings. The Morgan fingerprint density at radius 3 is 1.94 bits per heavy atom. The zero-order valence-electron chi connectivity index (χ0n) is 19.4. The first-order valence-corrected chi connectivity index (χ1v) is 14.0. The third-order valence-corrected chi connectivity index (χ3v) is 8.57. The fourth-order valence-electron chi connectivity index (χ4n) is 5.37. The maximum Gasteiger partial charge on any atom is 0.340 e. The summed E-state index contributed by atoms with van der Waals surface area (Å²) in [6.45, 7) is 4.25. The molecule has 0 aliphatic heterocycles. The van der Waals surface area contributed by atoms with Gasteiger partial charge in [-0.3, -0.25) is 0 Å². The Morgan fingerprint density at radius 2 is 1.42 bits per heavy atom. The van der Waals surface area contributed by atoms with Crippen molar-refractivity contribution in [3.05, 3.63) is 22.3 Å². The summed E-state index contributed by atoms with van der Waals surface area (Å²) in [4.78, 5) is 28.6. The molecule has 6 heteroatoms. The van der Waals surface area contributed by atoms with Crippen LogP contribution in [0, 0.1) is 0 Å². The van der Waals surface area contributed by atoms with Crippen LogP contribution in [0.3, 0.4) is 0 Å². The van der Waals surface area contributed by atoms with Crippen molar-refractivity contribution in [2.24, 2.45) is 0 Å². The summed E-state index contributed by atoms with van der Waals surface area (Å²) >= 11 is 3.37. The van der Waals surface area contributed by atoms with E-state index in [9.17, 15) is 9.59 Å². The Labute approximate surface area is 195 Å². The van der Waals surface area contributed by atoms with E-state index in [1.165, 1.54) is 49.7 Å². The SMILES string of the molecule is CCOC(=O)c1c(SC)c(SCC)c(C2CCCC2)c(C2CCCCC2)c1C(=O)OC. The lowest BCUT2D eigenvalue weighted by Gasteiger charge is -2.32. The number of ether oxygens (including phenoxy) is 2. The average Bonchev–Trinajstić information content (AvgIpc) is 3.32. The van der Waals surface area contributed by atoms with Gasteiger partial charge in [-0.1, -0.05) is 39.0 Å². The van der Waals surface area contributed by atoms with Crippen LogP contribution in [0.15, 0.2) is 9.79 Å². The lowest BCUT2D eigenvalue weighted by atomic mass is 9.75. The maximum absolute atomic E-state index is 13.3. The van der Waals surface area contributed by atoms with Crippen LogP contribution in [0.2, 0.25) is 0 Å². The molecule has 4 nitrogen and oxygen atoms in total. The fraction of sp³-hybridized carbons (Fsp3) is 0.680. The Morgan fingerprint density at radius 1 is 0.839 bits per heavy atom. The van der Waals surface area contributed by atoms with Gasteiger partial charge in [0.25, 0.3) is 0 Å². The topological polar surface area (TPSA) is 52.6 Å². The molecule has 0 bridgehead atoms. The number of hydrogen-bond donors (Lipinski definition) is 0. The molecule has 0 aromatic heterocycles. The summed E-state index contributed by atoms with van der Waals surface area (Å²) in [6, 6.07) is 0. The third-order valence-electron chi connectivity index (χ3n) is 6.63. The largest absolute Gasteiger partial charge is 0.465 e. The highest BCUT2D eigenvalue weighted by Crippen LogP contribution is 2.51. The van der Waals surface area contributed by atoms with Crippen LogP contribution < -0.4 is 0 Å². The summed E-state index contributed by atoms with van der Waals surface area (Å²) in [7, 11) is 1.42. The molecule has 0 saturated heterocycles. The number of benzene rings is 1. The number of carbonyl (C=O) groups is 2. The summed E-state index contributed by atoms with van der Waals surface area (Å²) in [5.41, 5.74) is 3.36. The van der Waals surface area contributed by atoms with Crippen LogP contribution in [-0.4, -0.2) is 37.7 Å². The number of rotatable bonds is 8. The van der Waals surface area contributed by atoms with Crippen LogP contribution >= 0.6 is 23.5 Å². The minimum atomic E-state index is -0.403. The molecule has 0 spiro atoms. The lowest BCUT2D eigenvalue weighted by Crippen LogP contribution is -2.23. The summed E-state index contributed by atoms with van der Waals surface area (Å²) in [6.07, 6.45) is 12.5. The Balaban J connectivity index is 2.41. The number of carbonyl (C=O) groups excluding carboxylic acids is 2. The highest BCUT2D eigenvalue weighted by molar-refractivity contribution is 8.02. The molecule has 0 atom stereocenters. The van der Waals surface area contributed by atoms with Crippen LogP contribution in [0.5, 0.6) is 0 Å². The van der Waals surface area contributed by atoms with E-state index in [-0.39, 0.29) is 6.61 Å².